The van der Waals surface area contributed by atoms with Crippen LogP contribution in [0.4, 0.5) is 22.8 Å². The van der Waals surface area contributed by atoms with Crippen molar-refractivity contribution in [1.29, 1.82) is 0 Å². The van der Waals surface area contributed by atoms with Crippen LogP contribution in [0.1, 0.15) is 18.4 Å². The number of H-pyrrole nitrogens is 1. The zero-order valence-corrected chi connectivity index (χ0v) is 16.9. The standard InChI is InChI=1S/C19H19F3N6O4/c1-11-10-13(31-17(29)28-8-4-23-5-9-28)24-15-14(11)16(26-25-15)32-18(30)27-6-2-12(3-7-27)19(20,21)22/h4-5,8,10,12H,2-3,6-7,9H2,1H3,(H,24,25,26). The van der Waals surface area contributed by atoms with Gasteiger partial charge in [-0.05, 0) is 25.3 Å². The van der Waals surface area contributed by atoms with E-state index in [1.807, 2.05) is 0 Å². The highest BCUT2D eigenvalue weighted by atomic mass is 19.4. The molecule has 0 unspecified atom stereocenters. The maximum atomic E-state index is 12.8. The molecule has 0 atom stereocenters. The molecule has 2 aromatic rings. The number of hydrogen-bond donors (Lipinski definition) is 1. The van der Waals surface area contributed by atoms with Gasteiger partial charge in [0.05, 0.1) is 17.8 Å². The molecule has 1 saturated heterocycles. The van der Waals surface area contributed by atoms with Crippen LogP contribution in [-0.4, -0.2) is 69.2 Å². The van der Waals surface area contributed by atoms with Gasteiger partial charge < -0.3 is 14.4 Å². The molecule has 10 nitrogen and oxygen atoms in total. The number of fused-ring (bicyclic) bond motifs is 1. The number of aromatic amines is 1. The monoisotopic (exact) mass is 452 g/mol. The van der Waals surface area contributed by atoms with E-state index in [4.69, 9.17) is 9.47 Å². The van der Waals surface area contributed by atoms with Gasteiger partial charge in [0.2, 0.25) is 5.88 Å². The minimum absolute atomic E-state index is 0.0201. The Bertz CT molecular complexity index is 1090. The Kier molecular flexibility index (Phi) is 5.72. The van der Waals surface area contributed by atoms with Crippen molar-refractivity contribution in [3.05, 3.63) is 24.0 Å². The van der Waals surface area contributed by atoms with E-state index >= 15 is 0 Å². The van der Waals surface area contributed by atoms with Crippen molar-refractivity contribution in [2.45, 2.75) is 25.9 Å². The number of halogens is 3. The molecule has 2 aromatic heterocycles. The lowest BCUT2D eigenvalue weighted by atomic mass is 9.97. The number of aliphatic imine (C=N–C) groups is 1. The molecular weight excluding hydrogens is 433 g/mol. The van der Waals surface area contributed by atoms with Crippen LogP contribution in [0, 0.1) is 12.8 Å². The van der Waals surface area contributed by atoms with Crippen LogP contribution < -0.4 is 9.47 Å². The van der Waals surface area contributed by atoms with Crippen molar-refractivity contribution < 1.29 is 32.2 Å². The summed E-state index contributed by atoms with van der Waals surface area (Å²) >= 11 is 0. The molecule has 2 amide bonds. The number of alkyl halides is 3. The molecule has 32 heavy (non-hydrogen) atoms. The zero-order valence-electron chi connectivity index (χ0n) is 16.9. The number of carbonyl (C=O) groups excluding carboxylic acids is 2. The average molecular weight is 452 g/mol. The predicted octanol–water partition coefficient (Wildman–Crippen LogP) is 3.40. The minimum atomic E-state index is -4.27. The van der Waals surface area contributed by atoms with Crippen LogP contribution >= 0.6 is 0 Å². The van der Waals surface area contributed by atoms with Gasteiger partial charge >= 0.3 is 18.4 Å². The van der Waals surface area contributed by atoms with Crippen LogP contribution in [-0.2, 0) is 0 Å². The number of hydrogen-bond acceptors (Lipinski definition) is 7. The van der Waals surface area contributed by atoms with Crippen LogP contribution in [0.3, 0.4) is 0 Å². The number of aromatic nitrogens is 3. The van der Waals surface area contributed by atoms with E-state index in [9.17, 15) is 22.8 Å². The van der Waals surface area contributed by atoms with Crippen LogP contribution in [0.15, 0.2) is 23.5 Å². The Hall–Kier alpha value is -3.64. The van der Waals surface area contributed by atoms with Gasteiger partial charge in [0.15, 0.2) is 5.65 Å². The number of nitrogens with one attached hydrogen (secondary N) is 1. The lowest BCUT2D eigenvalue weighted by Crippen LogP contribution is -2.43. The summed E-state index contributed by atoms with van der Waals surface area (Å²) in [5.41, 5.74) is 0.794. The van der Waals surface area contributed by atoms with Gasteiger partial charge in [-0.2, -0.15) is 18.2 Å². The first-order chi connectivity index (χ1) is 15.2. The fourth-order valence-corrected chi connectivity index (χ4v) is 3.48. The lowest BCUT2D eigenvalue weighted by molar-refractivity contribution is -0.183. The smallest absolute Gasteiger partial charge is 0.391 e. The molecule has 0 aliphatic carbocycles. The van der Waals surface area contributed by atoms with E-state index in [0.717, 1.165) is 0 Å². The molecule has 0 aromatic carbocycles. The number of carbonyl (C=O) groups is 2. The Morgan fingerprint density at radius 3 is 2.59 bits per heavy atom. The highest BCUT2D eigenvalue weighted by Crippen LogP contribution is 2.34. The van der Waals surface area contributed by atoms with Crippen molar-refractivity contribution >= 4 is 29.4 Å². The number of pyridine rings is 1. The Labute approximate surface area is 179 Å². The molecule has 13 heteroatoms. The second-order valence-electron chi connectivity index (χ2n) is 7.35. The third-order valence-electron chi connectivity index (χ3n) is 5.21. The summed E-state index contributed by atoms with van der Waals surface area (Å²) in [5.74, 6) is -1.45. The van der Waals surface area contributed by atoms with Crippen molar-refractivity contribution in [3.8, 4) is 11.8 Å². The van der Waals surface area contributed by atoms with Gasteiger partial charge in [-0.25, -0.2) is 9.59 Å². The van der Waals surface area contributed by atoms with Gasteiger partial charge in [0, 0.05) is 37.8 Å². The zero-order chi connectivity index (χ0) is 22.9. The van der Waals surface area contributed by atoms with Crippen molar-refractivity contribution in [2.24, 2.45) is 10.9 Å². The number of aryl methyl sites for hydroxylation is 1. The fourth-order valence-electron chi connectivity index (χ4n) is 3.48. The van der Waals surface area contributed by atoms with E-state index in [0.29, 0.717) is 10.9 Å². The molecule has 170 valence electrons. The highest BCUT2D eigenvalue weighted by molar-refractivity contribution is 5.87. The van der Waals surface area contributed by atoms with E-state index in [2.05, 4.69) is 20.2 Å². The largest absolute Gasteiger partial charge is 0.421 e. The average Bonchev–Trinajstić information content (AvgIpc) is 3.16. The normalized spacial score (nSPS) is 17.1. The molecule has 0 spiro atoms. The molecular formula is C19H19F3N6O4. The third kappa shape index (κ3) is 4.50. The lowest BCUT2D eigenvalue weighted by Gasteiger charge is -2.31. The number of rotatable bonds is 2. The number of ether oxygens (including phenoxy) is 2. The first-order valence-corrected chi connectivity index (χ1v) is 9.78. The summed E-state index contributed by atoms with van der Waals surface area (Å²) < 4.78 is 49.0. The third-order valence-corrected chi connectivity index (χ3v) is 5.21. The van der Waals surface area contributed by atoms with Crippen molar-refractivity contribution in [1.82, 2.24) is 25.0 Å². The molecule has 1 N–H and O–H groups in total. The summed E-state index contributed by atoms with van der Waals surface area (Å²) in [7, 11) is 0. The Balaban J connectivity index is 1.43. The number of piperidine rings is 1. The summed E-state index contributed by atoms with van der Waals surface area (Å²) in [6.45, 7) is 1.84. The number of nitrogens with zero attached hydrogens (tertiary/aromatic N) is 5. The summed E-state index contributed by atoms with van der Waals surface area (Å²) in [5, 5.41) is 6.95. The van der Waals surface area contributed by atoms with E-state index in [1.54, 1.807) is 13.1 Å². The first kappa shape index (κ1) is 21.6. The molecule has 2 aliphatic rings. The number of amides is 2. The summed E-state index contributed by atoms with van der Waals surface area (Å²) in [6.07, 6.45) is -1.58. The molecule has 0 saturated carbocycles. The molecule has 1 fully saturated rings. The van der Waals surface area contributed by atoms with Crippen LogP contribution in [0.2, 0.25) is 0 Å². The predicted molar refractivity (Wildman–Crippen MR) is 105 cm³/mol. The molecule has 2 aliphatic heterocycles. The Morgan fingerprint density at radius 2 is 1.94 bits per heavy atom. The molecule has 0 bridgehead atoms. The SMILES string of the molecule is Cc1cc(OC(=O)N2C=CN=CC2)nc2[nH]nc(OC(=O)N3CCC(C(F)(F)F)CC3)c12. The van der Waals surface area contributed by atoms with Crippen LogP contribution in [0.5, 0.6) is 11.8 Å². The maximum absolute atomic E-state index is 12.8. The van der Waals surface area contributed by atoms with Crippen LogP contribution in [0.25, 0.3) is 11.0 Å². The van der Waals surface area contributed by atoms with Gasteiger partial charge in [-0.1, -0.05) is 0 Å². The minimum Gasteiger partial charge on any atom is -0.391 e. The summed E-state index contributed by atoms with van der Waals surface area (Å²) in [6, 6.07) is 1.49. The molecule has 4 heterocycles. The molecule has 0 radical (unpaired) electrons. The number of likely N-dealkylation sites (tertiary alicyclic amines) is 1. The quantitative estimate of drug-likeness (QED) is 0.747. The van der Waals surface area contributed by atoms with E-state index < -0.39 is 24.3 Å². The van der Waals surface area contributed by atoms with Gasteiger partial charge in [0.25, 0.3) is 5.88 Å². The second-order valence-corrected chi connectivity index (χ2v) is 7.35. The summed E-state index contributed by atoms with van der Waals surface area (Å²) in [4.78, 5) is 35.2. The highest BCUT2D eigenvalue weighted by Gasteiger charge is 2.42. The van der Waals surface area contributed by atoms with Crippen molar-refractivity contribution in [2.75, 3.05) is 19.6 Å². The van der Waals surface area contributed by atoms with E-state index in [-0.39, 0.29) is 49.9 Å². The second kappa shape index (κ2) is 8.48. The van der Waals surface area contributed by atoms with Crippen molar-refractivity contribution in [3.63, 3.8) is 0 Å². The van der Waals surface area contributed by atoms with Gasteiger partial charge in [0.1, 0.15) is 0 Å². The molecule has 4 rings (SSSR count). The fraction of sp³-hybridized carbons (Fsp3) is 0.421. The Morgan fingerprint density at radius 1 is 1.19 bits per heavy atom. The van der Waals surface area contributed by atoms with Gasteiger partial charge in [-0.3, -0.25) is 15.0 Å². The van der Waals surface area contributed by atoms with Gasteiger partial charge in [-0.15, -0.1) is 5.10 Å². The maximum Gasteiger partial charge on any atom is 0.421 e. The first-order valence-electron chi connectivity index (χ1n) is 9.78. The van der Waals surface area contributed by atoms with E-state index in [1.165, 1.54) is 28.3 Å². The topological polar surface area (TPSA) is 113 Å².